The largest absolute Gasteiger partial charge is 0.455 e. The lowest BCUT2D eigenvalue weighted by molar-refractivity contribution is 0.670. The number of nitriles is 2. The molecule has 0 bridgehead atoms. The van der Waals surface area contributed by atoms with E-state index in [2.05, 4.69) is 158 Å². The smallest absolute Gasteiger partial charge is 0.143 e. The molecule has 0 saturated heterocycles. The lowest BCUT2D eigenvalue weighted by atomic mass is 9.83. The summed E-state index contributed by atoms with van der Waals surface area (Å²) in [7, 11) is 0. The van der Waals surface area contributed by atoms with Crippen molar-refractivity contribution < 1.29 is 4.42 Å². The zero-order valence-corrected chi connectivity index (χ0v) is 30.6. The Morgan fingerprint density at radius 1 is 0.298 bits per heavy atom. The van der Waals surface area contributed by atoms with E-state index in [-0.39, 0.29) is 0 Å². The van der Waals surface area contributed by atoms with Crippen LogP contribution in [0.25, 0.3) is 110 Å². The van der Waals surface area contributed by atoms with E-state index >= 15 is 0 Å². The fourth-order valence-corrected chi connectivity index (χ4v) is 9.27. The number of para-hydroxylation sites is 1. The van der Waals surface area contributed by atoms with Crippen LogP contribution in [-0.4, -0.2) is 0 Å². The Labute approximate surface area is 328 Å². The Balaban J connectivity index is 1.24. The number of nitrogens with zero attached hydrogens (tertiary/aromatic N) is 2. The lowest BCUT2D eigenvalue weighted by Crippen LogP contribution is -1.93. The van der Waals surface area contributed by atoms with Gasteiger partial charge in [-0.1, -0.05) is 164 Å². The van der Waals surface area contributed by atoms with Crippen LogP contribution in [0.3, 0.4) is 0 Å². The predicted octanol–water partition coefficient (Wildman–Crippen LogP) is 14.6. The van der Waals surface area contributed by atoms with E-state index in [4.69, 9.17) is 4.42 Å². The normalized spacial score (nSPS) is 11.5. The molecular weight excluding hydrogens is 693 g/mol. The average molecular weight is 723 g/mol. The predicted molar refractivity (Wildman–Crippen MR) is 235 cm³/mol. The van der Waals surface area contributed by atoms with E-state index in [1.807, 2.05) is 36.4 Å². The van der Waals surface area contributed by atoms with Gasteiger partial charge < -0.3 is 4.42 Å². The quantitative estimate of drug-likeness (QED) is 0.170. The average Bonchev–Trinajstić information content (AvgIpc) is 3.67. The third-order valence-corrected chi connectivity index (χ3v) is 11.6. The Bertz CT molecular complexity index is 3440. The van der Waals surface area contributed by atoms with E-state index in [1.54, 1.807) is 0 Å². The van der Waals surface area contributed by atoms with Crippen molar-refractivity contribution in [3.63, 3.8) is 0 Å². The summed E-state index contributed by atoms with van der Waals surface area (Å²) in [5, 5.41) is 31.2. The van der Waals surface area contributed by atoms with Crippen LogP contribution in [0, 0.1) is 22.7 Å². The van der Waals surface area contributed by atoms with Crippen LogP contribution in [0.2, 0.25) is 0 Å². The molecule has 0 aliphatic rings. The van der Waals surface area contributed by atoms with Crippen LogP contribution in [-0.2, 0) is 0 Å². The van der Waals surface area contributed by atoms with Crippen molar-refractivity contribution in [1.82, 2.24) is 0 Å². The molecule has 10 aromatic carbocycles. The highest BCUT2D eigenvalue weighted by molar-refractivity contribution is 6.28. The van der Waals surface area contributed by atoms with Gasteiger partial charge in [-0.3, -0.25) is 0 Å². The molecule has 3 nitrogen and oxygen atoms in total. The first-order valence-electron chi connectivity index (χ1n) is 19.1. The highest BCUT2D eigenvalue weighted by atomic mass is 16.3. The van der Waals surface area contributed by atoms with Crippen molar-refractivity contribution in [1.29, 1.82) is 10.5 Å². The molecule has 0 spiro atoms. The van der Waals surface area contributed by atoms with Gasteiger partial charge in [0.2, 0.25) is 0 Å². The van der Waals surface area contributed by atoms with Gasteiger partial charge in [0.1, 0.15) is 11.2 Å². The van der Waals surface area contributed by atoms with Crippen molar-refractivity contribution in [3.05, 3.63) is 193 Å². The molecule has 0 saturated carbocycles. The van der Waals surface area contributed by atoms with Crippen LogP contribution >= 0.6 is 0 Å². The van der Waals surface area contributed by atoms with Gasteiger partial charge >= 0.3 is 0 Å². The zero-order valence-electron chi connectivity index (χ0n) is 30.6. The summed E-state index contributed by atoms with van der Waals surface area (Å²) in [6.45, 7) is 0. The summed E-state index contributed by atoms with van der Waals surface area (Å²) in [6, 6.07) is 67.7. The van der Waals surface area contributed by atoms with E-state index in [9.17, 15) is 10.5 Å². The van der Waals surface area contributed by atoms with Gasteiger partial charge in [0.25, 0.3) is 0 Å². The number of benzene rings is 10. The van der Waals surface area contributed by atoms with Crippen molar-refractivity contribution in [2.45, 2.75) is 0 Å². The van der Waals surface area contributed by atoms with E-state index in [1.165, 1.54) is 0 Å². The molecular formula is C54H30N2O. The first kappa shape index (κ1) is 32.5. The standard InChI is InChI=1S/C54H30N2O/c55-31-33-15-1-3-17-35(33)49-37-19-5-9-23-41(37)51(42-24-10-6-20-38(42)49)45-27-14-30-48-53(45)47-29-13-28-46(54(47)57-48)52-43-25-11-7-21-39(43)50(40-22-8-12-26-44(40)52)36-18-4-2-16-34(36)32-56/h1-30H. The molecule has 0 aliphatic carbocycles. The van der Waals surface area contributed by atoms with Gasteiger partial charge in [0, 0.05) is 33.0 Å². The minimum absolute atomic E-state index is 0.648. The second kappa shape index (κ2) is 12.8. The van der Waals surface area contributed by atoms with E-state index in [0.29, 0.717) is 11.1 Å². The number of fused-ring (bicyclic) bond motifs is 7. The number of hydrogen-bond acceptors (Lipinski definition) is 3. The van der Waals surface area contributed by atoms with Gasteiger partial charge in [-0.15, -0.1) is 0 Å². The molecule has 57 heavy (non-hydrogen) atoms. The Kier molecular flexibility index (Phi) is 7.30. The molecule has 0 atom stereocenters. The zero-order chi connectivity index (χ0) is 38.0. The van der Waals surface area contributed by atoms with Crippen LogP contribution < -0.4 is 0 Å². The topological polar surface area (TPSA) is 60.7 Å². The van der Waals surface area contributed by atoms with Crippen LogP contribution in [0.1, 0.15) is 11.1 Å². The molecule has 11 aromatic rings. The summed E-state index contributed by atoms with van der Waals surface area (Å²) >= 11 is 0. The molecule has 0 aliphatic heterocycles. The fraction of sp³-hybridized carbons (Fsp3) is 0. The molecule has 1 aromatic heterocycles. The Hall–Kier alpha value is -7.98. The van der Waals surface area contributed by atoms with Gasteiger partial charge in [-0.25, -0.2) is 0 Å². The summed E-state index contributed by atoms with van der Waals surface area (Å²) in [6.07, 6.45) is 0. The number of furan rings is 1. The maximum atomic E-state index is 10.2. The summed E-state index contributed by atoms with van der Waals surface area (Å²) in [4.78, 5) is 0. The van der Waals surface area contributed by atoms with Gasteiger partial charge in [-0.05, 0) is 83.5 Å². The molecule has 3 heteroatoms. The maximum Gasteiger partial charge on any atom is 0.143 e. The van der Waals surface area contributed by atoms with Crippen molar-refractivity contribution in [2.24, 2.45) is 0 Å². The molecule has 1 heterocycles. The highest BCUT2D eigenvalue weighted by Crippen LogP contribution is 2.50. The number of rotatable bonds is 4. The molecule has 0 fully saturated rings. The number of hydrogen-bond donors (Lipinski definition) is 0. The second-order valence-corrected chi connectivity index (χ2v) is 14.5. The highest BCUT2D eigenvalue weighted by Gasteiger charge is 2.24. The first-order valence-corrected chi connectivity index (χ1v) is 19.1. The van der Waals surface area contributed by atoms with Crippen molar-refractivity contribution >= 4 is 65.0 Å². The SMILES string of the molecule is N#Cc1ccccc1-c1c2ccccc2c(-c2cccc3c2oc2cccc(-c4c5ccccc5c(-c5ccccc5C#N)c5ccccc45)c23)c2ccccc12. The minimum Gasteiger partial charge on any atom is -0.455 e. The first-order chi connectivity index (χ1) is 28.2. The minimum atomic E-state index is 0.648. The Morgan fingerprint density at radius 3 is 1.05 bits per heavy atom. The Morgan fingerprint density at radius 2 is 0.614 bits per heavy atom. The van der Waals surface area contributed by atoms with Crippen LogP contribution in [0.4, 0.5) is 0 Å². The van der Waals surface area contributed by atoms with Crippen molar-refractivity contribution in [2.75, 3.05) is 0 Å². The second-order valence-electron chi connectivity index (χ2n) is 14.5. The van der Waals surface area contributed by atoms with Crippen LogP contribution in [0.5, 0.6) is 0 Å². The summed E-state index contributed by atoms with van der Waals surface area (Å²) in [5.41, 5.74) is 11.3. The summed E-state index contributed by atoms with van der Waals surface area (Å²) in [5.74, 6) is 0. The fourth-order valence-electron chi connectivity index (χ4n) is 9.27. The third-order valence-electron chi connectivity index (χ3n) is 11.6. The molecule has 0 amide bonds. The molecule has 11 rings (SSSR count). The van der Waals surface area contributed by atoms with Crippen LogP contribution in [0.15, 0.2) is 186 Å². The molecule has 0 unspecified atom stereocenters. The molecule has 0 radical (unpaired) electrons. The van der Waals surface area contributed by atoms with Gasteiger partial charge in [-0.2, -0.15) is 10.5 Å². The molecule has 262 valence electrons. The van der Waals surface area contributed by atoms with Gasteiger partial charge in [0.05, 0.1) is 23.3 Å². The summed E-state index contributed by atoms with van der Waals surface area (Å²) < 4.78 is 7.02. The maximum absolute atomic E-state index is 10.2. The van der Waals surface area contributed by atoms with E-state index in [0.717, 1.165) is 110 Å². The third kappa shape index (κ3) is 4.77. The monoisotopic (exact) mass is 722 g/mol. The molecule has 0 N–H and O–H groups in total. The van der Waals surface area contributed by atoms with Gasteiger partial charge in [0.15, 0.2) is 0 Å². The lowest BCUT2D eigenvalue weighted by Gasteiger charge is -2.19. The van der Waals surface area contributed by atoms with Crippen molar-refractivity contribution in [3.8, 4) is 56.6 Å². The van der Waals surface area contributed by atoms with E-state index < -0.39 is 0 Å².